The monoisotopic (exact) mass is 350 g/mol. The molecule has 0 saturated heterocycles. The van der Waals surface area contributed by atoms with E-state index in [9.17, 15) is 12.8 Å². The molecule has 0 bridgehead atoms. The van der Waals surface area contributed by atoms with Gasteiger partial charge in [-0.3, -0.25) is 0 Å². The molecule has 0 aliphatic carbocycles. The molecule has 2 rings (SSSR count). The highest BCUT2D eigenvalue weighted by Crippen LogP contribution is 2.13. The smallest absolute Gasteiger partial charge is 0.276 e. The second kappa shape index (κ2) is 7.92. The molecule has 0 amide bonds. The maximum atomic E-state index is 12.8. The minimum Gasteiger partial charge on any atom is -0.493 e. The van der Waals surface area contributed by atoms with E-state index in [0.717, 1.165) is 17.9 Å². The maximum absolute atomic E-state index is 12.8. The molecule has 0 heterocycles. The van der Waals surface area contributed by atoms with Crippen LogP contribution in [0.1, 0.15) is 19.4 Å². The van der Waals surface area contributed by atoms with Crippen LogP contribution < -0.4 is 9.57 Å². The van der Waals surface area contributed by atoms with Crippen molar-refractivity contribution in [2.45, 2.75) is 18.7 Å². The molecule has 0 spiro atoms. The predicted molar refractivity (Wildman–Crippen MR) is 91.1 cm³/mol. The lowest BCUT2D eigenvalue weighted by Gasteiger charge is -2.08. The Morgan fingerprint density at radius 3 is 2.33 bits per heavy atom. The first-order valence-electron chi connectivity index (χ1n) is 7.40. The quantitative estimate of drug-likeness (QED) is 0.616. The van der Waals surface area contributed by atoms with Gasteiger partial charge < -0.3 is 4.74 Å². The van der Waals surface area contributed by atoms with Crippen LogP contribution in [0.2, 0.25) is 0 Å². The summed E-state index contributed by atoms with van der Waals surface area (Å²) in [5.74, 6) is 0.678. The molecule has 0 aromatic heterocycles. The summed E-state index contributed by atoms with van der Waals surface area (Å²) in [6.45, 7) is 4.76. The van der Waals surface area contributed by atoms with Gasteiger partial charge in [0.25, 0.3) is 10.0 Å². The van der Waals surface area contributed by atoms with Crippen LogP contribution in [-0.2, 0) is 10.0 Å². The zero-order valence-electron chi connectivity index (χ0n) is 13.4. The van der Waals surface area contributed by atoms with E-state index in [0.29, 0.717) is 18.1 Å². The first-order chi connectivity index (χ1) is 11.4. The molecule has 7 heteroatoms. The van der Waals surface area contributed by atoms with Gasteiger partial charge in [-0.15, -0.1) is 0 Å². The Kier molecular flexibility index (Phi) is 5.92. The maximum Gasteiger partial charge on any atom is 0.276 e. The molecule has 0 radical (unpaired) electrons. The molecule has 0 fully saturated rings. The molecule has 0 saturated carbocycles. The molecule has 0 aliphatic heterocycles. The fourth-order valence-electron chi connectivity index (χ4n) is 1.75. The number of benzene rings is 2. The first kappa shape index (κ1) is 17.9. The van der Waals surface area contributed by atoms with Crippen LogP contribution in [0.4, 0.5) is 4.39 Å². The normalized spacial score (nSPS) is 11.8. The number of halogens is 1. The Bertz CT molecular complexity index is 786. The van der Waals surface area contributed by atoms with Crippen LogP contribution in [0.5, 0.6) is 5.75 Å². The third-order valence-electron chi connectivity index (χ3n) is 2.97. The van der Waals surface area contributed by atoms with Gasteiger partial charge in [0.2, 0.25) is 0 Å². The van der Waals surface area contributed by atoms with E-state index in [4.69, 9.17) is 4.74 Å². The predicted octanol–water partition coefficient (Wildman–Crippen LogP) is 3.17. The van der Waals surface area contributed by atoms with Gasteiger partial charge in [-0.25, -0.2) is 9.22 Å². The molecule has 128 valence electrons. The number of rotatable bonds is 7. The zero-order chi connectivity index (χ0) is 17.6. The Hall–Kier alpha value is -2.41. The summed E-state index contributed by atoms with van der Waals surface area (Å²) in [4.78, 5) is 2.03. The van der Waals surface area contributed by atoms with Crippen molar-refractivity contribution in [3.05, 3.63) is 59.9 Å². The number of hydrogen-bond donors (Lipinski definition) is 1. The minimum absolute atomic E-state index is 0.0570. The third kappa shape index (κ3) is 5.34. The van der Waals surface area contributed by atoms with Gasteiger partial charge in [-0.1, -0.05) is 13.8 Å². The molecule has 2 aromatic carbocycles. The lowest BCUT2D eigenvalue weighted by Crippen LogP contribution is -2.18. The SMILES string of the molecule is CC(C)COc1ccc(/C=N/NS(=O)(=O)c2ccc(F)cc2)cc1. The Balaban J connectivity index is 1.97. The molecule has 0 aliphatic rings. The van der Waals surface area contributed by atoms with Crippen molar-refractivity contribution in [3.8, 4) is 5.75 Å². The summed E-state index contributed by atoms with van der Waals surface area (Å²) < 4.78 is 42.3. The van der Waals surface area contributed by atoms with E-state index < -0.39 is 15.8 Å². The standard InChI is InChI=1S/C17H19FN2O3S/c1-13(2)12-23-16-7-3-14(4-8-16)11-19-20-24(21,22)17-9-5-15(18)6-10-17/h3-11,13,20H,12H2,1-2H3/b19-11+. The largest absolute Gasteiger partial charge is 0.493 e. The second-order valence-electron chi connectivity index (χ2n) is 5.58. The van der Waals surface area contributed by atoms with Crippen molar-refractivity contribution < 1.29 is 17.5 Å². The summed E-state index contributed by atoms with van der Waals surface area (Å²) in [6.07, 6.45) is 1.38. The lowest BCUT2D eigenvalue weighted by atomic mass is 10.2. The van der Waals surface area contributed by atoms with Crippen LogP contribution in [0, 0.1) is 11.7 Å². The number of ether oxygens (including phenoxy) is 1. The number of hydrogen-bond acceptors (Lipinski definition) is 4. The van der Waals surface area contributed by atoms with Crippen molar-refractivity contribution in [3.63, 3.8) is 0 Å². The van der Waals surface area contributed by atoms with Gasteiger partial charge in [-0.2, -0.15) is 13.5 Å². The molecular weight excluding hydrogens is 331 g/mol. The average molecular weight is 350 g/mol. The average Bonchev–Trinajstić information content (AvgIpc) is 2.54. The molecule has 24 heavy (non-hydrogen) atoms. The summed E-state index contributed by atoms with van der Waals surface area (Å²) in [6, 6.07) is 11.6. The molecule has 0 atom stereocenters. The van der Waals surface area contributed by atoms with Crippen molar-refractivity contribution >= 4 is 16.2 Å². The molecule has 0 unspecified atom stereocenters. The highest BCUT2D eigenvalue weighted by atomic mass is 32.2. The Morgan fingerprint density at radius 2 is 1.75 bits per heavy atom. The van der Waals surface area contributed by atoms with Crippen LogP contribution >= 0.6 is 0 Å². The fourth-order valence-corrected chi connectivity index (χ4v) is 2.54. The second-order valence-corrected chi connectivity index (χ2v) is 7.24. The number of nitrogens with one attached hydrogen (secondary N) is 1. The van der Waals surface area contributed by atoms with Gasteiger partial charge in [0.1, 0.15) is 11.6 Å². The Morgan fingerprint density at radius 1 is 1.12 bits per heavy atom. The van der Waals surface area contributed by atoms with Gasteiger partial charge in [0, 0.05) is 0 Å². The van der Waals surface area contributed by atoms with Crippen LogP contribution in [0.3, 0.4) is 0 Å². The summed E-state index contributed by atoms with van der Waals surface area (Å²) in [7, 11) is -3.81. The molecule has 2 aromatic rings. The van der Waals surface area contributed by atoms with Crippen LogP contribution in [0.15, 0.2) is 58.5 Å². The summed E-state index contributed by atoms with van der Waals surface area (Å²) in [5.41, 5.74) is 0.716. The lowest BCUT2D eigenvalue weighted by molar-refractivity contribution is 0.271. The minimum atomic E-state index is -3.81. The fraction of sp³-hybridized carbons (Fsp3) is 0.235. The highest BCUT2D eigenvalue weighted by molar-refractivity contribution is 7.89. The van der Waals surface area contributed by atoms with E-state index in [2.05, 4.69) is 23.8 Å². The van der Waals surface area contributed by atoms with E-state index in [1.54, 1.807) is 24.3 Å². The molecule has 1 N–H and O–H groups in total. The molecular formula is C17H19FN2O3S. The first-order valence-corrected chi connectivity index (χ1v) is 8.88. The third-order valence-corrected chi connectivity index (χ3v) is 4.21. The van der Waals surface area contributed by atoms with Crippen molar-refractivity contribution in [1.82, 2.24) is 4.83 Å². The highest BCUT2D eigenvalue weighted by Gasteiger charge is 2.12. The van der Waals surface area contributed by atoms with Crippen molar-refractivity contribution in [2.75, 3.05) is 6.61 Å². The van der Waals surface area contributed by atoms with Crippen LogP contribution in [-0.4, -0.2) is 21.2 Å². The number of nitrogens with zero attached hydrogens (tertiary/aromatic N) is 1. The Labute approximate surface area is 141 Å². The molecule has 5 nitrogen and oxygen atoms in total. The van der Waals surface area contributed by atoms with Crippen LogP contribution in [0.25, 0.3) is 0 Å². The van der Waals surface area contributed by atoms with Gasteiger partial charge >= 0.3 is 0 Å². The van der Waals surface area contributed by atoms with E-state index in [-0.39, 0.29) is 4.90 Å². The van der Waals surface area contributed by atoms with E-state index in [1.165, 1.54) is 18.3 Å². The summed E-state index contributed by atoms with van der Waals surface area (Å²) in [5, 5.41) is 3.72. The van der Waals surface area contributed by atoms with E-state index >= 15 is 0 Å². The van der Waals surface area contributed by atoms with Crippen molar-refractivity contribution in [1.29, 1.82) is 0 Å². The van der Waals surface area contributed by atoms with Gasteiger partial charge in [0.05, 0.1) is 17.7 Å². The number of hydrazone groups is 1. The topological polar surface area (TPSA) is 67.8 Å². The van der Waals surface area contributed by atoms with Gasteiger partial charge in [-0.05, 0) is 60.0 Å². The zero-order valence-corrected chi connectivity index (χ0v) is 14.3. The van der Waals surface area contributed by atoms with Crippen molar-refractivity contribution in [2.24, 2.45) is 11.0 Å². The van der Waals surface area contributed by atoms with E-state index in [1.807, 2.05) is 0 Å². The number of sulfonamides is 1. The van der Waals surface area contributed by atoms with Gasteiger partial charge in [0.15, 0.2) is 0 Å². The summed E-state index contributed by atoms with van der Waals surface area (Å²) >= 11 is 0.